The number of carbonyl (C=O) groups is 1. The van der Waals surface area contributed by atoms with Crippen LogP contribution in [0.2, 0.25) is 0 Å². The molecule has 1 unspecified atom stereocenters. The number of anilines is 1. The zero-order valence-electron chi connectivity index (χ0n) is 22.1. The van der Waals surface area contributed by atoms with Crippen LogP contribution in [-0.2, 0) is 0 Å². The molecule has 0 aliphatic carbocycles. The third kappa shape index (κ3) is 3.86. The van der Waals surface area contributed by atoms with E-state index in [4.69, 9.17) is 4.98 Å². The number of fused-ring (bicyclic) bond motifs is 2. The number of amides is 1. The molecule has 0 saturated carbocycles. The van der Waals surface area contributed by atoms with Gasteiger partial charge in [-0.2, -0.15) is 5.10 Å². The van der Waals surface area contributed by atoms with Gasteiger partial charge in [-0.3, -0.25) is 0 Å². The maximum absolute atomic E-state index is 11.9. The van der Waals surface area contributed by atoms with Gasteiger partial charge < -0.3 is 19.9 Å². The topological polar surface area (TPSA) is 103 Å². The summed E-state index contributed by atoms with van der Waals surface area (Å²) < 4.78 is 1.83. The van der Waals surface area contributed by atoms with Crippen LogP contribution in [0.3, 0.4) is 0 Å². The number of carboxylic acid groups (broad SMARTS) is 1. The number of nitrogens with zero attached hydrogens (tertiary/aromatic N) is 6. The summed E-state index contributed by atoms with van der Waals surface area (Å²) >= 11 is 0. The first-order valence-electron chi connectivity index (χ1n) is 12.5. The molecule has 5 heterocycles. The van der Waals surface area contributed by atoms with Gasteiger partial charge in [0.25, 0.3) is 0 Å². The number of piperazine rings is 1. The van der Waals surface area contributed by atoms with Crippen LogP contribution in [0.5, 0.6) is 0 Å². The van der Waals surface area contributed by atoms with E-state index >= 15 is 0 Å². The zero-order valence-corrected chi connectivity index (χ0v) is 22.1. The monoisotopic (exact) mass is 489 g/mol. The van der Waals surface area contributed by atoms with Gasteiger partial charge in [-0.15, -0.1) is 0 Å². The van der Waals surface area contributed by atoms with Gasteiger partial charge in [0.05, 0.1) is 22.8 Å². The Morgan fingerprint density at radius 2 is 1.92 bits per heavy atom. The van der Waals surface area contributed by atoms with Gasteiger partial charge >= 0.3 is 6.09 Å². The highest BCUT2D eigenvalue weighted by molar-refractivity contribution is 5.90. The van der Waals surface area contributed by atoms with E-state index in [9.17, 15) is 9.90 Å². The van der Waals surface area contributed by atoms with Gasteiger partial charge in [-0.25, -0.2) is 19.3 Å². The number of H-pyrrole nitrogens is 1. The molecular weight excluding hydrogens is 454 g/mol. The number of pyridine rings is 2. The first kappa shape index (κ1) is 24.1. The molecule has 0 spiro atoms. The minimum atomic E-state index is -0.856. The summed E-state index contributed by atoms with van der Waals surface area (Å²) in [7, 11) is 0. The van der Waals surface area contributed by atoms with E-state index in [0.29, 0.717) is 19.6 Å². The van der Waals surface area contributed by atoms with Crippen LogP contribution in [-0.4, -0.2) is 66.3 Å². The number of aromatic amines is 1. The summed E-state index contributed by atoms with van der Waals surface area (Å²) in [5.74, 6) is 1.13. The molecule has 0 bridgehead atoms. The summed E-state index contributed by atoms with van der Waals surface area (Å²) in [4.78, 5) is 28.9. The molecule has 5 rings (SSSR count). The summed E-state index contributed by atoms with van der Waals surface area (Å²) in [5, 5.41) is 14.1. The van der Waals surface area contributed by atoms with E-state index in [1.165, 1.54) is 11.1 Å². The molecule has 36 heavy (non-hydrogen) atoms. The maximum atomic E-state index is 11.9. The molecule has 9 heteroatoms. The van der Waals surface area contributed by atoms with E-state index in [1.54, 1.807) is 11.2 Å². The first-order valence-corrected chi connectivity index (χ1v) is 12.5. The molecule has 1 saturated heterocycles. The average molecular weight is 490 g/mol. The maximum Gasteiger partial charge on any atom is 0.407 e. The number of aromatic nitrogens is 5. The number of hydrogen-bond acceptors (Lipinski definition) is 5. The van der Waals surface area contributed by atoms with Crippen molar-refractivity contribution in [1.82, 2.24) is 29.5 Å². The molecule has 1 amide bonds. The highest BCUT2D eigenvalue weighted by Gasteiger charge is 2.38. The minimum absolute atomic E-state index is 0.118. The molecule has 0 aromatic carbocycles. The Balaban J connectivity index is 1.60. The molecular formula is C27H35N7O2. The normalized spacial score (nSPS) is 17.1. The summed E-state index contributed by atoms with van der Waals surface area (Å²) in [5.41, 5.74) is 8.24. The van der Waals surface area contributed by atoms with Crippen LogP contribution in [0.15, 0.2) is 24.7 Å². The van der Waals surface area contributed by atoms with Crippen molar-refractivity contribution in [3.63, 3.8) is 0 Å². The third-order valence-electron chi connectivity index (χ3n) is 7.59. The smallest absolute Gasteiger partial charge is 0.407 e. The second kappa shape index (κ2) is 8.50. The van der Waals surface area contributed by atoms with E-state index in [-0.39, 0.29) is 17.4 Å². The molecule has 9 nitrogen and oxygen atoms in total. The van der Waals surface area contributed by atoms with Crippen molar-refractivity contribution in [3.05, 3.63) is 41.3 Å². The van der Waals surface area contributed by atoms with Crippen molar-refractivity contribution < 1.29 is 9.90 Å². The van der Waals surface area contributed by atoms with Crippen molar-refractivity contribution in [2.45, 2.75) is 60.4 Å². The van der Waals surface area contributed by atoms with Gasteiger partial charge in [0.2, 0.25) is 0 Å². The van der Waals surface area contributed by atoms with Gasteiger partial charge in [0.1, 0.15) is 12.1 Å². The molecule has 1 aliphatic rings. The Bertz CT molecular complexity index is 1460. The van der Waals surface area contributed by atoms with Crippen molar-refractivity contribution in [2.75, 3.05) is 24.5 Å². The fraction of sp³-hybridized carbons (Fsp3) is 0.481. The highest BCUT2D eigenvalue weighted by Crippen LogP contribution is 2.38. The zero-order chi connectivity index (χ0) is 25.9. The predicted molar refractivity (Wildman–Crippen MR) is 142 cm³/mol. The Morgan fingerprint density at radius 3 is 2.58 bits per heavy atom. The van der Waals surface area contributed by atoms with Gasteiger partial charge in [-0.1, -0.05) is 34.6 Å². The van der Waals surface area contributed by atoms with Crippen LogP contribution < -0.4 is 4.90 Å². The van der Waals surface area contributed by atoms with Crippen LogP contribution in [0.1, 0.15) is 57.2 Å². The SMILES string of the molecule is Cc1c(-c2[nH]c3ccc(N4CCN(C(=O)O)C(C(C)(C)C)C4)nc3c2C(C)C)cn2ncnc2c1C. The summed E-state index contributed by atoms with van der Waals surface area (Å²) in [6, 6.07) is 4.02. The second-order valence-corrected chi connectivity index (χ2v) is 11.3. The Labute approximate surface area is 211 Å². The van der Waals surface area contributed by atoms with E-state index in [0.717, 1.165) is 39.3 Å². The quantitative estimate of drug-likeness (QED) is 0.409. The third-order valence-corrected chi connectivity index (χ3v) is 7.59. The van der Waals surface area contributed by atoms with Crippen LogP contribution >= 0.6 is 0 Å². The number of rotatable bonds is 3. The molecule has 2 N–H and O–H groups in total. The van der Waals surface area contributed by atoms with E-state index in [2.05, 4.69) is 74.5 Å². The summed E-state index contributed by atoms with van der Waals surface area (Å²) in [6.07, 6.45) is 2.77. The molecule has 0 radical (unpaired) electrons. The lowest BCUT2D eigenvalue weighted by Gasteiger charge is -2.46. The Hall–Kier alpha value is -3.62. The van der Waals surface area contributed by atoms with Crippen molar-refractivity contribution in [1.29, 1.82) is 0 Å². The first-order chi connectivity index (χ1) is 17.0. The number of hydrogen-bond donors (Lipinski definition) is 2. The van der Waals surface area contributed by atoms with Crippen LogP contribution in [0.25, 0.3) is 27.9 Å². The fourth-order valence-corrected chi connectivity index (χ4v) is 5.44. The molecule has 4 aromatic rings. The van der Waals surface area contributed by atoms with Gasteiger partial charge in [-0.05, 0) is 48.4 Å². The van der Waals surface area contributed by atoms with Crippen molar-refractivity contribution in [3.8, 4) is 11.3 Å². The van der Waals surface area contributed by atoms with Crippen LogP contribution in [0, 0.1) is 19.3 Å². The second-order valence-electron chi connectivity index (χ2n) is 11.3. The lowest BCUT2D eigenvalue weighted by molar-refractivity contribution is 0.0747. The molecule has 4 aromatic heterocycles. The van der Waals surface area contributed by atoms with E-state index in [1.807, 2.05) is 16.8 Å². The number of nitrogens with one attached hydrogen (secondary N) is 1. The lowest BCUT2D eigenvalue weighted by atomic mass is 9.84. The average Bonchev–Trinajstić information content (AvgIpc) is 3.44. The van der Waals surface area contributed by atoms with E-state index < -0.39 is 6.09 Å². The summed E-state index contributed by atoms with van der Waals surface area (Å²) in [6.45, 7) is 16.6. The van der Waals surface area contributed by atoms with Crippen LogP contribution in [0.4, 0.5) is 10.6 Å². The molecule has 1 aliphatic heterocycles. The number of aryl methyl sites for hydroxylation is 1. The Kier molecular flexibility index (Phi) is 5.69. The lowest BCUT2D eigenvalue weighted by Crippen LogP contribution is -2.59. The minimum Gasteiger partial charge on any atom is -0.465 e. The van der Waals surface area contributed by atoms with Crippen molar-refractivity contribution >= 4 is 28.6 Å². The van der Waals surface area contributed by atoms with Crippen molar-refractivity contribution in [2.24, 2.45) is 5.41 Å². The van der Waals surface area contributed by atoms with Gasteiger partial charge in [0, 0.05) is 37.0 Å². The predicted octanol–water partition coefficient (Wildman–Crippen LogP) is 5.23. The molecule has 1 atom stereocenters. The standard InChI is InChI=1S/C27H35N7O2/c1-15(2)22-23(18-12-34-25(28-14-29-34)17(4)16(18)3)30-19-8-9-21(31-24(19)22)32-10-11-33(26(35)36)20(13-32)27(5,6)7/h8-9,12,14-15,20,30H,10-11,13H2,1-7H3,(H,35,36). The molecule has 190 valence electrons. The highest BCUT2D eigenvalue weighted by atomic mass is 16.4. The van der Waals surface area contributed by atoms with Gasteiger partial charge in [0.15, 0.2) is 5.65 Å². The molecule has 1 fully saturated rings. The Morgan fingerprint density at radius 1 is 1.17 bits per heavy atom. The fourth-order valence-electron chi connectivity index (χ4n) is 5.44. The largest absolute Gasteiger partial charge is 0.465 e.